The number of halogens is 1. The number of furan rings is 1. The van der Waals surface area contributed by atoms with Crippen LogP contribution in [0.1, 0.15) is 32.2 Å². The van der Waals surface area contributed by atoms with E-state index in [0.29, 0.717) is 37.1 Å². The smallest absolute Gasteiger partial charge is 0.261 e. The summed E-state index contributed by atoms with van der Waals surface area (Å²) in [6.45, 7) is 3.51. The number of anilines is 1. The Hall–Kier alpha value is -2.16. The van der Waals surface area contributed by atoms with E-state index < -0.39 is 0 Å². The van der Waals surface area contributed by atoms with Crippen molar-refractivity contribution in [3.8, 4) is 0 Å². The first-order valence-electron chi connectivity index (χ1n) is 7.56. The highest BCUT2D eigenvalue weighted by atomic mass is 35.5. The van der Waals surface area contributed by atoms with Crippen LogP contribution >= 0.6 is 34.7 Å². The van der Waals surface area contributed by atoms with Crippen molar-refractivity contribution in [3.63, 3.8) is 0 Å². The van der Waals surface area contributed by atoms with Crippen molar-refractivity contribution in [2.75, 3.05) is 11.1 Å². The second-order valence-electron chi connectivity index (χ2n) is 5.37. The molecule has 2 heterocycles. The zero-order valence-corrected chi connectivity index (χ0v) is 16.3. The second-order valence-corrected chi connectivity index (χ2v) is 8.01. The molecule has 0 radical (unpaired) electrons. The third-order valence-corrected chi connectivity index (χ3v) is 5.63. The first kappa shape index (κ1) is 18.6. The quantitative estimate of drug-likeness (QED) is 0.364. The molecule has 0 bridgehead atoms. The third-order valence-electron chi connectivity index (χ3n) is 3.41. The first-order chi connectivity index (χ1) is 12.4. The van der Waals surface area contributed by atoms with Crippen LogP contribution in [0.3, 0.4) is 0 Å². The van der Waals surface area contributed by atoms with Gasteiger partial charge in [-0.15, -0.1) is 10.2 Å². The molecule has 0 saturated carbocycles. The van der Waals surface area contributed by atoms with Gasteiger partial charge in [0.2, 0.25) is 5.13 Å². The highest BCUT2D eigenvalue weighted by molar-refractivity contribution is 8.01. The van der Waals surface area contributed by atoms with Gasteiger partial charge in [0.25, 0.3) is 5.91 Å². The maximum absolute atomic E-state index is 12.2. The minimum Gasteiger partial charge on any atom is -0.466 e. The predicted molar refractivity (Wildman–Crippen MR) is 103 cm³/mol. The van der Waals surface area contributed by atoms with Crippen molar-refractivity contribution in [2.45, 2.75) is 18.2 Å². The molecule has 1 N–H and O–H groups in total. The van der Waals surface area contributed by atoms with Crippen molar-refractivity contribution in [3.05, 3.63) is 58.0 Å². The molecule has 1 aromatic carbocycles. The number of hydrogen-bond acceptors (Lipinski definition) is 7. The monoisotopic (exact) mass is 407 g/mol. The summed E-state index contributed by atoms with van der Waals surface area (Å²) in [5, 5.41) is 11.6. The number of Topliss-reactive ketones (excluding diaryl/α,β-unsaturated/α-hetero) is 1. The average molecular weight is 408 g/mol. The molecule has 134 valence electrons. The molecule has 0 aliphatic rings. The van der Waals surface area contributed by atoms with Crippen LogP contribution in [0.2, 0.25) is 5.02 Å². The summed E-state index contributed by atoms with van der Waals surface area (Å²) in [5.41, 5.74) is 1.05. The van der Waals surface area contributed by atoms with Crippen molar-refractivity contribution in [1.82, 2.24) is 10.2 Å². The summed E-state index contributed by atoms with van der Waals surface area (Å²) >= 11 is 8.30. The van der Waals surface area contributed by atoms with Gasteiger partial charge in [0, 0.05) is 10.6 Å². The number of amides is 1. The lowest BCUT2D eigenvalue weighted by atomic mass is 10.1. The van der Waals surface area contributed by atoms with Gasteiger partial charge in [-0.2, -0.15) is 0 Å². The minimum atomic E-state index is -0.302. The van der Waals surface area contributed by atoms with Crippen molar-refractivity contribution in [2.24, 2.45) is 0 Å². The van der Waals surface area contributed by atoms with Crippen LogP contribution in [-0.4, -0.2) is 27.6 Å². The van der Waals surface area contributed by atoms with Crippen LogP contribution in [0, 0.1) is 13.8 Å². The van der Waals surface area contributed by atoms with E-state index >= 15 is 0 Å². The van der Waals surface area contributed by atoms with Crippen LogP contribution in [0.5, 0.6) is 0 Å². The molecule has 1 amide bonds. The third kappa shape index (κ3) is 4.51. The van der Waals surface area contributed by atoms with Crippen LogP contribution < -0.4 is 5.32 Å². The van der Waals surface area contributed by atoms with Crippen molar-refractivity contribution >= 4 is 51.5 Å². The van der Waals surface area contributed by atoms with Gasteiger partial charge in [-0.1, -0.05) is 34.7 Å². The normalized spacial score (nSPS) is 10.7. The largest absolute Gasteiger partial charge is 0.466 e. The number of carbonyl (C=O) groups excluding carboxylic acids is 2. The molecule has 0 unspecified atom stereocenters. The molecule has 0 spiro atoms. The summed E-state index contributed by atoms with van der Waals surface area (Å²) in [4.78, 5) is 24.4. The predicted octanol–water partition coefficient (Wildman–Crippen LogP) is 4.63. The summed E-state index contributed by atoms with van der Waals surface area (Å²) in [6, 6.07) is 8.40. The van der Waals surface area contributed by atoms with E-state index in [4.69, 9.17) is 16.0 Å². The lowest BCUT2D eigenvalue weighted by Gasteiger charge is -1.99. The van der Waals surface area contributed by atoms with Crippen molar-refractivity contribution in [1.29, 1.82) is 0 Å². The number of aromatic nitrogens is 2. The number of ketones is 1. The van der Waals surface area contributed by atoms with E-state index in [-0.39, 0.29) is 17.4 Å². The van der Waals surface area contributed by atoms with E-state index in [1.165, 1.54) is 23.1 Å². The Labute approximate surface area is 163 Å². The number of aryl methyl sites for hydroxylation is 2. The maximum atomic E-state index is 12.2. The molecular formula is C17H14ClN3O3S2. The zero-order chi connectivity index (χ0) is 18.7. The summed E-state index contributed by atoms with van der Waals surface area (Å²) in [5.74, 6) is 1.11. The topological polar surface area (TPSA) is 85.1 Å². The van der Waals surface area contributed by atoms with Gasteiger partial charge in [-0.25, -0.2) is 0 Å². The SMILES string of the molecule is Cc1cc(C(=O)Nc2nnc(SCC(=O)c3ccc(Cl)cc3)s2)c(C)o1. The summed E-state index contributed by atoms with van der Waals surface area (Å²) in [7, 11) is 0. The van der Waals surface area contributed by atoms with Gasteiger partial charge >= 0.3 is 0 Å². The Morgan fingerprint density at radius 1 is 1.23 bits per heavy atom. The fraction of sp³-hybridized carbons (Fsp3) is 0.176. The van der Waals surface area contributed by atoms with Crippen LogP contribution in [-0.2, 0) is 0 Å². The fourth-order valence-electron chi connectivity index (χ4n) is 2.19. The fourth-order valence-corrected chi connectivity index (χ4v) is 3.95. The van der Waals surface area contributed by atoms with Gasteiger partial charge in [0.05, 0.1) is 11.3 Å². The molecule has 0 atom stereocenters. The van der Waals surface area contributed by atoms with E-state index in [0.717, 1.165) is 0 Å². The lowest BCUT2D eigenvalue weighted by molar-refractivity contribution is 0.101. The summed E-state index contributed by atoms with van der Waals surface area (Å²) < 4.78 is 5.95. The molecule has 2 aromatic heterocycles. The maximum Gasteiger partial charge on any atom is 0.261 e. The number of rotatable bonds is 6. The Bertz CT molecular complexity index is 951. The highest BCUT2D eigenvalue weighted by Gasteiger charge is 2.16. The van der Waals surface area contributed by atoms with Crippen LogP contribution in [0.15, 0.2) is 39.1 Å². The lowest BCUT2D eigenvalue weighted by Crippen LogP contribution is -2.11. The standard InChI is InChI=1S/C17H14ClN3O3S2/c1-9-7-13(10(2)24-9)15(23)19-16-20-21-17(26-16)25-8-14(22)11-3-5-12(18)6-4-11/h3-7H,8H2,1-2H3,(H,19,20,23). The number of carbonyl (C=O) groups is 2. The van der Waals surface area contributed by atoms with E-state index in [1.807, 2.05) is 0 Å². The number of hydrogen-bond donors (Lipinski definition) is 1. The van der Waals surface area contributed by atoms with Crippen LogP contribution in [0.4, 0.5) is 5.13 Å². The number of thioether (sulfide) groups is 1. The first-order valence-corrected chi connectivity index (χ1v) is 9.74. The average Bonchev–Trinajstić information content (AvgIpc) is 3.19. The van der Waals surface area contributed by atoms with Crippen molar-refractivity contribution < 1.29 is 14.0 Å². The molecule has 0 fully saturated rings. The van der Waals surface area contributed by atoms with Gasteiger partial charge in [-0.05, 0) is 44.2 Å². The Balaban J connectivity index is 1.58. The van der Waals surface area contributed by atoms with E-state index in [9.17, 15) is 9.59 Å². The second kappa shape index (κ2) is 8.03. The Kier molecular flexibility index (Phi) is 5.75. The molecule has 0 aliphatic heterocycles. The molecule has 0 saturated heterocycles. The zero-order valence-electron chi connectivity index (χ0n) is 13.9. The van der Waals surface area contributed by atoms with E-state index in [1.54, 1.807) is 44.2 Å². The van der Waals surface area contributed by atoms with Gasteiger partial charge < -0.3 is 4.42 Å². The molecular weight excluding hydrogens is 394 g/mol. The van der Waals surface area contributed by atoms with Gasteiger partial charge in [-0.3, -0.25) is 14.9 Å². The van der Waals surface area contributed by atoms with Gasteiger partial charge in [0.1, 0.15) is 11.5 Å². The molecule has 9 heteroatoms. The molecule has 0 aliphatic carbocycles. The number of nitrogens with zero attached hydrogens (tertiary/aromatic N) is 2. The Morgan fingerprint density at radius 2 is 1.96 bits per heavy atom. The number of benzene rings is 1. The van der Waals surface area contributed by atoms with E-state index in [2.05, 4.69) is 15.5 Å². The molecule has 26 heavy (non-hydrogen) atoms. The van der Waals surface area contributed by atoms with Crippen LogP contribution in [0.25, 0.3) is 0 Å². The molecule has 6 nitrogen and oxygen atoms in total. The molecule has 3 aromatic rings. The highest BCUT2D eigenvalue weighted by Crippen LogP contribution is 2.27. The minimum absolute atomic E-state index is 0.0306. The number of nitrogens with one attached hydrogen (secondary N) is 1. The van der Waals surface area contributed by atoms with Gasteiger partial charge in [0.15, 0.2) is 10.1 Å². The molecule has 3 rings (SSSR count). The Morgan fingerprint density at radius 3 is 2.62 bits per heavy atom. The summed E-state index contributed by atoms with van der Waals surface area (Å²) in [6.07, 6.45) is 0.